The zero-order valence-corrected chi connectivity index (χ0v) is 12.4. The zero-order chi connectivity index (χ0) is 14.6. The Bertz CT molecular complexity index is 324. The lowest BCUT2D eigenvalue weighted by Gasteiger charge is -2.32. The molecule has 1 atom stereocenters. The Labute approximate surface area is 110 Å². The van der Waals surface area contributed by atoms with Gasteiger partial charge in [0.2, 0.25) is 5.91 Å². The van der Waals surface area contributed by atoms with Gasteiger partial charge >= 0.3 is 0 Å². The monoisotopic (exact) mass is 257 g/mol. The van der Waals surface area contributed by atoms with Crippen molar-refractivity contribution < 1.29 is 10.0 Å². The van der Waals surface area contributed by atoms with Crippen LogP contribution in [0.5, 0.6) is 0 Å². The molecule has 0 aromatic carbocycles. The van der Waals surface area contributed by atoms with Gasteiger partial charge in [-0.05, 0) is 24.7 Å². The van der Waals surface area contributed by atoms with Gasteiger partial charge in [-0.3, -0.25) is 4.79 Å². The maximum Gasteiger partial charge on any atom is 0.233 e. The Morgan fingerprint density at radius 1 is 1.39 bits per heavy atom. The van der Waals surface area contributed by atoms with Crippen molar-refractivity contribution in [3.8, 4) is 0 Å². The number of hydrogen-bond donors (Lipinski definition) is 3. The van der Waals surface area contributed by atoms with Crippen LogP contribution in [0.15, 0.2) is 5.16 Å². The Morgan fingerprint density at radius 2 is 1.89 bits per heavy atom. The first-order valence-corrected chi connectivity index (χ1v) is 6.38. The highest BCUT2D eigenvalue weighted by Gasteiger charge is 2.37. The third kappa shape index (κ3) is 3.62. The molecular formula is C13H27N3O2. The van der Waals surface area contributed by atoms with E-state index < -0.39 is 5.41 Å². The van der Waals surface area contributed by atoms with Crippen LogP contribution in [0.25, 0.3) is 0 Å². The number of carbonyl (C=O) groups is 1. The van der Waals surface area contributed by atoms with Crippen molar-refractivity contribution in [1.82, 2.24) is 5.32 Å². The maximum absolute atomic E-state index is 12.2. The highest BCUT2D eigenvalue weighted by Crippen LogP contribution is 2.26. The minimum Gasteiger partial charge on any atom is -0.409 e. The molecule has 0 saturated carbocycles. The van der Waals surface area contributed by atoms with Gasteiger partial charge < -0.3 is 16.3 Å². The molecule has 1 unspecified atom stereocenters. The molecule has 0 fully saturated rings. The van der Waals surface area contributed by atoms with Crippen molar-refractivity contribution in [3.05, 3.63) is 0 Å². The maximum atomic E-state index is 12.2. The van der Waals surface area contributed by atoms with E-state index in [0.717, 1.165) is 0 Å². The van der Waals surface area contributed by atoms with E-state index in [1.165, 1.54) is 0 Å². The van der Waals surface area contributed by atoms with Gasteiger partial charge in [-0.15, -0.1) is 0 Å². The Morgan fingerprint density at radius 3 is 2.22 bits per heavy atom. The van der Waals surface area contributed by atoms with Crippen molar-refractivity contribution in [2.24, 2.45) is 27.6 Å². The summed E-state index contributed by atoms with van der Waals surface area (Å²) in [5.41, 5.74) is 4.65. The largest absolute Gasteiger partial charge is 0.409 e. The van der Waals surface area contributed by atoms with Crippen LogP contribution < -0.4 is 11.1 Å². The van der Waals surface area contributed by atoms with Gasteiger partial charge in [0.1, 0.15) is 5.41 Å². The van der Waals surface area contributed by atoms with Crippen molar-refractivity contribution in [1.29, 1.82) is 0 Å². The van der Waals surface area contributed by atoms with E-state index in [0.29, 0.717) is 18.9 Å². The number of carbonyl (C=O) groups excluding carboxylic acids is 1. The minimum atomic E-state index is -0.957. The minimum absolute atomic E-state index is 0.00936. The Balaban J connectivity index is 4.77. The van der Waals surface area contributed by atoms with Crippen LogP contribution in [-0.4, -0.2) is 23.5 Å². The molecule has 0 aliphatic carbocycles. The van der Waals surface area contributed by atoms with E-state index in [4.69, 9.17) is 10.9 Å². The molecule has 106 valence electrons. The molecule has 18 heavy (non-hydrogen) atoms. The summed E-state index contributed by atoms with van der Waals surface area (Å²) < 4.78 is 0. The van der Waals surface area contributed by atoms with Crippen molar-refractivity contribution >= 4 is 11.7 Å². The van der Waals surface area contributed by atoms with Crippen LogP contribution >= 0.6 is 0 Å². The summed E-state index contributed by atoms with van der Waals surface area (Å²) >= 11 is 0. The lowest BCUT2D eigenvalue weighted by Crippen LogP contribution is -2.50. The van der Waals surface area contributed by atoms with Crippen LogP contribution in [0, 0.1) is 16.7 Å². The van der Waals surface area contributed by atoms with Crippen LogP contribution in [0.4, 0.5) is 0 Å². The molecule has 0 bridgehead atoms. The van der Waals surface area contributed by atoms with E-state index in [1.54, 1.807) is 6.92 Å². The van der Waals surface area contributed by atoms with E-state index in [-0.39, 0.29) is 17.2 Å². The number of rotatable bonds is 6. The third-order valence-electron chi connectivity index (χ3n) is 4.15. The van der Waals surface area contributed by atoms with Gasteiger partial charge in [-0.2, -0.15) is 0 Å². The highest BCUT2D eigenvalue weighted by molar-refractivity contribution is 6.06. The second-order valence-electron chi connectivity index (χ2n) is 6.00. The summed E-state index contributed by atoms with van der Waals surface area (Å²) in [6.07, 6.45) is 0.483. The molecule has 0 heterocycles. The summed E-state index contributed by atoms with van der Waals surface area (Å²) in [6.45, 7) is 12.5. The van der Waals surface area contributed by atoms with Gasteiger partial charge in [0.05, 0.1) is 0 Å². The predicted molar refractivity (Wildman–Crippen MR) is 73.4 cm³/mol. The molecule has 0 spiro atoms. The molecule has 0 aliphatic rings. The standard InChI is InChI=1S/C13H27N3O2/c1-7-13(6,10(14)16-18)11(17)15-8-12(4,5)9(2)3/h9,18H,7-8H2,1-6H3,(H2,14,16)(H,15,17). The molecule has 5 nitrogen and oxygen atoms in total. The fraction of sp³-hybridized carbons (Fsp3) is 0.846. The number of oxime groups is 1. The van der Waals surface area contributed by atoms with Crippen LogP contribution in [0.2, 0.25) is 0 Å². The van der Waals surface area contributed by atoms with E-state index in [1.807, 2.05) is 6.92 Å². The number of nitrogens with one attached hydrogen (secondary N) is 1. The van der Waals surface area contributed by atoms with Crippen LogP contribution in [-0.2, 0) is 4.79 Å². The molecule has 1 amide bonds. The SMILES string of the molecule is CCC(C)(C(=O)NCC(C)(C)C(C)C)C(N)=NO. The summed E-state index contributed by atoms with van der Waals surface area (Å²) in [4.78, 5) is 12.2. The number of nitrogens with two attached hydrogens (primary N) is 1. The first-order valence-electron chi connectivity index (χ1n) is 6.38. The third-order valence-corrected chi connectivity index (χ3v) is 4.15. The first-order chi connectivity index (χ1) is 8.11. The molecule has 0 aliphatic heterocycles. The van der Waals surface area contributed by atoms with Crippen molar-refractivity contribution in [3.63, 3.8) is 0 Å². The number of amides is 1. The summed E-state index contributed by atoms with van der Waals surface area (Å²) in [7, 11) is 0. The van der Waals surface area contributed by atoms with Gasteiger partial charge in [-0.1, -0.05) is 39.8 Å². The van der Waals surface area contributed by atoms with E-state index in [9.17, 15) is 4.79 Å². The Hall–Kier alpha value is -1.26. The fourth-order valence-corrected chi connectivity index (χ4v) is 1.28. The molecule has 4 N–H and O–H groups in total. The second-order valence-corrected chi connectivity index (χ2v) is 6.00. The quantitative estimate of drug-likeness (QED) is 0.294. The average molecular weight is 257 g/mol. The van der Waals surface area contributed by atoms with Crippen molar-refractivity contribution in [2.75, 3.05) is 6.54 Å². The summed E-state index contributed by atoms with van der Waals surface area (Å²) in [6, 6.07) is 0. The van der Waals surface area contributed by atoms with E-state index >= 15 is 0 Å². The smallest absolute Gasteiger partial charge is 0.233 e. The fourth-order valence-electron chi connectivity index (χ4n) is 1.28. The zero-order valence-electron chi connectivity index (χ0n) is 12.4. The Kier molecular flexibility index (Phi) is 5.64. The lowest BCUT2D eigenvalue weighted by molar-refractivity contribution is -0.127. The number of nitrogens with zero attached hydrogens (tertiary/aromatic N) is 1. The van der Waals surface area contributed by atoms with Gasteiger partial charge in [0.25, 0.3) is 0 Å². The van der Waals surface area contributed by atoms with Gasteiger partial charge in [0, 0.05) is 6.54 Å². The topological polar surface area (TPSA) is 87.7 Å². The highest BCUT2D eigenvalue weighted by atomic mass is 16.4. The first kappa shape index (κ1) is 16.7. The molecule has 0 aromatic heterocycles. The van der Waals surface area contributed by atoms with Crippen LogP contribution in [0.1, 0.15) is 48.0 Å². The normalized spacial score (nSPS) is 16.5. The lowest BCUT2D eigenvalue weighted by atomic mass is 9.80. The van der Waals surface area contributed by atoms with Gasteiger partial charge in [-0.25, -0.2) is 0 Å². The molecule has 0 saturated heterocycles. The molecule has 0 rings (SSSR count). The average Bonchev–Trinajstić information content (AvgIpc) is 2.33. The number of hydrogen-bond acceptors (Lipinski definition) is 3. The summed E-state index contributed by atoms with van der Waals surface area (Å²) in [5.74, 6) is 0.202. The predicted octanol–water partition coefficient (Wildman–Crippen LogP) is 1.95. The van der Waals surface area contributed by atoms with Crippen molar-refractivity contribution in [2.45, 2.75) is 48.0 Å². The molecule has 0 radical (unpaired) electrons. The number of amidine groups is 1. The molecule has 5 heteroatoms. The van der Waals surface area contributed by atoms with Crippen LogP contribution in [0.3, 0.4) is 0 Å². The molecular weight excluding hydrogens is 230 g/mol. The van der Waals surface area contributed by atoms with Gasteiger partial charge in [0.15, 0.2) is 5.84 Å². The second kappa shape index (κ2) is 6.07. The molecule has 0 aromatic rings. The van der Waals surface area contributed by atoms with E-state index in [2.05, 4.69) is 38.2 Å². The summed E-state index contributed by atoms with van der Waals surface area (Å²) in [5, 5.41) is 14.6.